The Morgan fingerprint density at radius 1 is 1.44 bits per heavy atom. The van der Waals surface area contributed by atoms with Gasteiger partial charge in [0.2, 0.25) is 0 Å². The summed E-state index contributed by atoms with van der Waals surface area (Å²) in [6.45, 7) is 5.54. The average Bonchev–Trinajstić information content (AvgIpc) is 3.02. The van der Waals surface area contributed by atoms with Crippen LogP contribution >= 0.6 is 0 Å². The summed E-state index contributed by atoms with van der Waals surface area (Å²) in [6.07, 6.45) is 1.35. The van der Waals surface area contributed by atoms with Gasteiger partial charge in [0.15, 0.2) is 0 Å². The van der Waals surface area contributed by atoms with Crippen molar-refractivity contribution in [2.45, 2.75) is 26.3 Å². The largest absolute Gasteiger partial charge is 0.351 e. The second-order valence-electron chi connectivity index (χ2n) is 5.21. The first-order valence-electron chi connectivity index (χ1n) is 6.46. The smallest absolute Gasteiger partial charge is 0.316 e. The summed E-state index contributed by atoms with van der Waals surface area (Å²) in [5, 5.41) is 6.09. The Kier molecular flexibility index (Phi) is 3.87. The highest BCUT2D eigenvalue weighted by Gasteiger charge is 2.32. The highest BCUT2D eigenvalue weighted by molar-refractivity contribution is 5.87. The number of rotatable bonds is 5. The maximum Gasteiger partial charge on any atom is 0.316 e. The Hall–Kier alpha value is -1.55. The Labute approximate surface area is 108 Å². The number of amides is 2. The number of nitrogens with one attached hydrogen (secondary N) is 2. The van der Waals surface area contributed by atoms with Crippen molar-refractivity contribution in [2.24, 2.45) is 17.6 Å². The first-order valence-corrected chi connectivity index (χ1v) is 6.46. The molecule has 1 aliphatic rings. The van der Waals surface area contributed by atoms with Crippen molar-refractivity contribution in [1.82, 2.24) is 5.32 Å². The maximum absolute atomic E-state index is 10.7. The molecule has 0 saturated heterocycles. The second kappa shape index (κ2) is 5.40. The van der Waals surface area contributed by atoms with E-state index in [9.17, 15) is 4.79 Å². The van der Waals surface area contributed by atoms with E-state index in [1.54, 1.807) is 0 Å². The molecule has 2 rings (SSSR count). The van der Waals surface area contributed by atoms with Crippen LogP contribution in [0.25, 0.3) is 0 Å². The van der Waals surface area contributed by atoms with Gasteiger partial charge in [-0.1, -0.05) is 19.1 Å². The van der Waals surface area contributed by atoms with Crippen molar-refractivity contribution >= 4 is 11.7 Å². The molecule has 4 nitrogen and oxygen atoms in total. The molecule has 4 N–H and O–H groups in total. The molecule has 1 saturated carbocycles. The summed E-state index contributed by atoms with van der Waals surface area (Å²) < 4.78 is 0. The Bertz CT molecular complexity index is 416. The summed E-state index contributed by atoms with van der Waals surface area (Å²) in [4.78, 5) is 10.7. The van der Waals surface area contributed by atoms with Crippen molar-refractivity contribution < 1.29 is 4.79 Å². The van der Waals surface area contributed by atoms with Crippen LogP contribution in [-0.2, 0) is 0 Å². The standard InChI is InChI=1S/C14H21N3O/c1-9-7-12(9)8-16-10(2)11-3-5-13(6-4-11)17-14(15)18/h3-6,9-10,12,16H,7-8H2,1-2H3,(H3,15,17,18). The Balaban J connectivity index is 1.85. The van der Waals surface area contributed by atoms with Crippen molar-refractivity contribution in [3.63, 3.8) is 0 Å². The van der Waals surface area contributed by atoms with Crippen LogP contribution in [0.3, 0.4) is 0 Å². The number of anilines is 1. The molecule has 0 radical (unpaired) electrons. The summed E-state index contributed by atoms with van der Waals surface area (Å²) >= 11 is 0. The third-order valence-corrected chi connectivity index (χ3v) is 3.64. The number of carbonyl (C=O) groups is 1. The van der Waals surface area contributed by atoms with E-state index in [1.807, 2.05) is 24.3 Å². The molecule has 3 atom stereocenters. The highest BCUT2D eigenvalue weighted by Crippen LogP contribution is 2.37. The van der Waals surface area contributed by atoms with Crippen LogP contribution in [-0.4, -0.2) is 12.6 Å². The minimum atomic E-state index is -0.531. The minimum absolute atomic E-state index is 0.334. The second-order valence-corrected chi connectivity index (χ2v) is 5.21. The number of urea groups is 1. The molecule has 0 aromatic heterocycles. The van der Waals surface area contributed by atoms with Gasteiger partial charge < -0.3 is 16.4 Å². The van der Waals surface area contributed by atoms with Crippen LogP contribution < -0.4 is 16.4 Å². The Morgan fingerprint density at radius 3 is 2.56 bits per heavy atom. The zero-order chi connectivity index (χ0) is 13.1. The Morgan fingerprint density at radius 2 is 2.06 bits per heavy atom. The lowest BCUT2D eigenvalue weighted by Crippen LogP contribution is -2.22. The lowest BCUT2D eigenvalue weighted by molar-refractivity contribution is 0.259. The van der Waals surface area contributed by atoms with Crippen molar-refractivity contribution in [3.05, 3.63) is 29.8 Å². The molecule has 1 aliphatic carbocycles. The van der Waals surface area contributed by atoms with Crippen molar-refractivity contribution in [2.75, 3.05) is 11.9 Å². The topological polar surface area (TPSA) is 67.2 Å². The summed E-state index contributed by atoms with van der Waals surface area (Å²) in [6, 6.07) is 7.58. The fourth-order valence-electron chi connectivity index (χ4n) is 2.13. The van der Waals surface area contributed by atoms with Crippen LogP contribution in [0.1, 0.15) is 31.9 Å². The molecular formula is C14H21N3O. The number of benzene rings is 1. The van der Waals surface area contributed by atoms with Crippen LogP contribution in [0.15, 0.2) is 24.3 Å². The molecule has 1 aromatic carbocycles. The first-order chi connectivity index (χ1) is 8.56. The molecule has 0 aliphatic heterocycles. The SMILES string of the molecule is CC(NCC1CC1C)c1ccc(NC(N)=O)cc1. The molecule has 1 fully saturated rings. The van der Waals surface area contributed by atoms with E-state index in [0.29, 0.717) is 6.04 Å². The quantitative estimate of drug-likeness (QED) is 0.748. The predicted octanol–water partition coefficient (Wildman–Crippen LogP) is 2.48. The van der Waals surface area contributed by atoms with E-state index in [-0.39, 0.29) is 0 Å². The molecular weight excluding hydrogens is 226 g/mol. The zero-order valence-electron chi connectivity index (χ0n) is 10.9. The summed E-state index contributed by atoms with van der Waals surface area (Å²) in [5.74, 6) is 1.73. The monoisotopic (exact) mass is 247 g/mol. The molecule has 0 spiro atoms. The molecule has 0 bridgehead atoms. The third-order valence-electron chi connectivity index (χ3n) is 3.64. The van der Waals surface area contributed by atoms with Gasteiger partial charge in [0.1, 0.15) is 0 Å². The van der Waals surface area contributed by atoms with Crippen LogP contribution in [0, 0.1) is 11.8 Å². The molecule has 1 aromatic rings. The molecule has 18 heavy (non-hydrogen) atoms. The molecule has 0 heterocycles. The highest BCUT2D eigenvalue weighted by atomic mass is 16.2. The van der Waals surface area contributed by atoms with Crippen molar-refractivity contribution in [3.8, 4) is 0 Å². The van der Waals surface area contributed by atoms with Gasteiger partial charge in [0.05, 0.1) is 0 Å². The molecule has 4 heteroatoms. The zero-order valence-corrected chi connectivity index (χ0v) is 10.9. The van der Waals surface area contributed by atoms with Gasteiger partial charge >= 0.3 is 6.03 Å². The van der Waals surface area contributed by atoms with Crippen LogP contribution in [0.4, 0.5) is 10.5 Å². The fraction of sp³-hybridized carbons (Fsp3) is 0.500. The van der Waals surface area contributed by atoms with Gasteiger partial charge in [-0.05, 0) is 49.4 Å². The number of hydrogen-bond donors (Lipinski definition) is 3. The molecule has 98 valence electrons. The van der Waals surface area contributed by atoms with E-state index in [0.717, 1.165) is 24.1 Å². The van der Waals surface area contributed by atoms with E-state index in [4.69, 9.17) is 5.73 Å². The van der Waals surface area contributed by atoms with Gasteiger partial charge in [0, 0.05) is 11.7 Å². The van der Waals surface area contributed by atoms with Crippen molar-refractivity contribution in [1.29, 1.82) is 0 Å². The average molecular weight is 247 g/mol. The van der Waals surface area contributed by atoms with Gasteiger partial charge in [-0.15, -0.1) is 0 Å². The summed E-state index contributed by atoms with van der Waals surface area (Å²) in [5.41, 5.74) is 7.01. The number of carbonyl (C=O) groups excluding carboxylic acids is 1. The van der Waals surface area contributed by atoms with E-state index in [1.165, 1.54) is 12.0 Å². The predicted molar refractivity (Wildman–Crippen MR) is 73.3 cm³/mol. The van der Waals surface area contributed by atoms with Crippen LogP contribution in [0.5, 0.6) is 0 Å². The number of primary amides is 1. The van der Waals surface area contributed by atoms with Gasteiger partial charge in [0.25, 0.3) is 0 Å². The lowest BCUT2D eigenvalue weighted by atomic mass is 10.1. The molecule has 2 amide bonds. The van der Waals surface area contributed by atoms with Crippen LogP contribution in [0.2, 0.25) is 0 Å². The van der Waals surface area contributed by atoms with Gasteiger partial charge in [-0.25, -0.2) is 4.79 Å². The van der Waals surface area contributed by atoms with E-state index >= 15 is 0 Å². The normalized spacial score (nSPS) is 23.4. The maximum atomic E-state index is 10.7. The van der Waals surface area contributed by atoms with Gasteiger partial charge in [-0.2, -0.15) is 0 Å². The molecule has 3 unspecified atom stereocenters. The van der Waals surface area contributed by atoms with E-state index < -0.39 is 6.03 Å². The lowest BCUT2D eigenvalue weighted by Gasteiger charge is -2.14. The van der Waals surface area contributed by atoms with E-state index in [2.05, 4.69) is 24.5 Å². The number of hydrogen-bond acceptors (Lipinski definition) is 2. The minimum Gasteiger partial charge on any atom is -0.351 e. The third kappa shape index (κ3) is 3.47. The number of nitrogens with two attached hydrogens (primary N) is 1. The fourth-order valence-corrected chi connectivity index (χ4v) is 2.13. The van der Waals surface area contributed by atoms with Gasteiger partial charge in [-0.3, -0.25) is 0 Å². The summed E-state index contributed by atoms with van der Waals surface area (Å²) in [7, 11) is 0. The first kappa shape index (κ1) is 12.9.